The average molecular weight is 267 g/mol. The summed E-state index contributed by atoms with van der Waals surface area (Å²) in [5, 5.41) is 2.77. The van der Waals surface area contributed by atoms with Crippen molar-refractivity contribution in [3.8, 4) is 5.75 Å². The number of carbonyl (C=O) groups is 1. The fourth-order valence-corrected chi connectivity index (χ4v) is 1.81. The van der Waals surface area contributed by atoms with E-state index < -0.39 is 0 Å². The van der Waals surface area contributed by atoms with E-state index in [1.54, 1.807) is 12.1 Å². The van der Waals surface area contributed by atoms with Gasteiger partial charge in [-0.2, -0.15) is 0 Å². The molecule has 0 atom stereocenters. The molecular formula is C17H17NO2. The first-order valence-corrected chi connectivity index (χ1v) is 6.46. The van der Waals surface area contributed by atoms with Gasteiger partial charge in [0.05, 0.1) is 0 Å². The van der Waals surface area contributed by atoms with Crippen LogP contribution in [-0.2, 0) is 6.61 Å². The van der Waals surface area contributed by atoms with Crippen molar-refractivity contribution in [1.29, 1.82) is 0 Å². The molecule has 20 heavy (non-hydrogen) atoms. The Morgan fingerprint density at radius 2 is 1.80 bits per heavy atom. The molecule has 0 aliphatic rings. The van der Waals surface area contributed by atoms with Crippen LogP contribution in [-0.4, -0.2) is 12.5 Å². The quantitative estimate of drug-likeness (QED) is 0.816. The van der Waals surface area contributed by atoms with Crippen molar-refractivity contribution in [2.75, 3.05) is 6.54 Å². The van der Waals surface area contributed by atoms with Gasteiger partial charge in [0, 0.05) is 17.7 Å². The zero-order valence-electron chi connectivity index (χ0n) is 11.2. The largest absolute Gasteiger partial charge is 0.489 e. The highest BCUT2D eigenvalue weighted by molar-refractivity contribution is 5.95. The third kappa shape index (κ3) is 3.72. The number of rotatable bonds is 6. The predicted octanol–water partition coefficient (Wildman–Crippen LogP) is 3.18. The zero-order chi connectivity index (χ0) is 14.2. The van der Waals surface area contributed by atoms with E-state index in [0.29, 0.717) is 18.7 Å². The minimum Gasteiger partial charge on any atom is -0.489 e. The van der Waals surface area contributed by atoms with E-state index >= 15 is 0 Å². The predicted molar refractivity (Wildman–Crippen MR) is 79.7 cm³/mol. The molecule has 102 valence electrons. The Balaban J connectivity index is 2.07. The number of para-hydroxylation sites is 1. The summed E-state index contributed by atoms with van der Waals surface area (Å²) in [6.45, 7) is 4.40. The van der Waals surface area contributed by atoms with Gasteiger partial charge in [-0.1, -0.05) is 42.5 Å². The maximum atomic E-state index is 12.0. The van der Waals surface area contributed by atoms with Gasteiger partial charge >= 0.3 is 0 Å². The second-order valence-corrected chi connectivity index (χ2v) is 4.26. The first-order valence-electron chi connectivity index (χ1n) is 6.46. The smallest absolute Gasteiger partial charge is 0.251 e. The Hall–Kier alpha value is -2.55. The molecule has 0 fully saturated rings. The van der Waals surface area contributed by atoms with Crippen LogP contribution in [0.2, 0.25) is 0 Å². The molecule has 0 spiro atoms. The first kappa shape index (κ1) is 13.9. The van der Waals surface area contributed by atoms with Crippen LogP contribution in [0.5, 0.6) is 5.75 Å². The lowest BCUT2D eigenvalue weighted by Crippen LogP contribution is -2.24. The summed E-state index contributed by atoms with van der Waals surface area (Å²) in [7, 11) is 0. The molecule has 0 radical (unpaired) electrons. The highest BCUT2D eigenvalue weighted by Gasteiger charge is 2.10. The van der Waals surface area contributed by atoms with E-state index in [1.807, 2.05) is 48.5 Å². The summed E-state index contributed by atoms with van der Waals surface area (Å²) < 4.78 is 5.69. The summed E-state index contributed by atoms with van der Waals surface area (Å²) in [6, 6.07) is 17.0. The van der Waals surface area contributed by atoms with E-state index in [1.165, 1.54) is 0 Å². The van der Waals surface area contributed by atoms with Crippen molar-refractivity contribution in [3.05, 3.63) is 78.4 Å². The highest BCUT2D eigenvalue weighted by atomic mass is 16.5. The van der Waals surface area contributed by atoms with Gasteiger partial charge < -0.3 is 10.1 Å². The normalized spacial score (nSPS) is 9.80. The minimum absolute atomic E-state index is 0.114. The fraction of sp³-hybridized carbons (Fsp3) is 0.118. The first-order chi connectivity index (χ1) is 9.81. The van der Waals surface area contributed by atoms with Gasteiger partial charge in [-0.25, -0.2) is 0 Å². The van der Waals surface area contributed by atoms with Gasteiger partial charge in [-0.3, -0.25) is 4.79 Å². The summed E-state index contributed by atoms with van der Waals surface area (Å²) in [4.78, 5) is 12.0. The van der Waals surface area contributed by atoms with Crippen molar-refractivity contribution in [1.82, 2.24) is 5.32 Å². The van der Waals surface area contributed by atoms with Crippen molar-refractivity contribution in [2.24, 2.45) is 0 Å². The Morgan fingerprint density at radius 1 is 1.10 bits per heavy atom. The second kappa shape index (κ2) is 7.14. The number of hydrogen-bond acceptors (Lipinski definition) is 2. The van der Waals surface area contributed by atoms with E-state index in [4.69, 9.17) is 4.74 Å². The molecule has 0 aromatic heterocycles. The summed E-state index contributed by atoms with van der Waals surface area (Å²) >= 11 is 0. The summed E-state index contributed by atoms with van der Waals surface area (Å²) in [5.74, 6) is 0.672. The number of hydrogen-bond donors (Lipinski definition) is 1. The Bertz CT molecular complexity index is 579. The molecule has 0 bridgehead atoms. The lowest BCUT2D eigenvalue weighted by molar-refractivity contribution is 0.0955. The number of ether oxygens (including phenoxy) is 1. The van der Waals surface area contributed by atoms with Gasteiger partial charge in [0.2, 0.25) is 0 Å². The van der Waals surface area contributed by atoms with Gasteiger partial charge in [-0.15, -0.1) is 6.58 Å². The number of benzene rings is 2. The molecule has 2 aromatic carbocycles. The Kier molecular flexibility index (Phi) is 4.95. The fourth-order valence-electron chi connectivity index (χ4n) is 1.81. The monoisotopic (exact) mass is 267 g/mol. The summed E-state index contributed by atoms with van der Waals surface area (Å²) in [6.07, 6.45) is 1.65. The molecule has 3 nitrogen and oxygen atoms in total. The Morgan fingerprint density at radius 3 is 2.55 bits per heavy atom. The molecule has 1 amide bonds. The standard InChI is InChI=1S/C17H17NO2/c1-2-12-18-17(19)16-11-7-6-8-14(16)13-20-15-9-4-3-5-10-15/h2-11H,1,12-13H2,(H,18,19). The van der Waals surface area contributed by atoms with E-state index in [2.05, 4.69) is 11.9 Å². The van der Waals surface area contributed by atoms with Gasteiger partial charge in [0.1, 0.15) is 12.4 Å². The van der Waals surface area contributed by atoms with Crippen LogP contribution >= 0.6 is 0 Å². The molecule has 0 saturated heterocycles. The van der Waals surface area contributed by atoms with Gasteiger partial charge in [0.15, 0.2) is 0 Å². The Labute approximate surface area is 118 Å². The maximum absolute atomic E-state index is 12.0. The molecule has 1 N–H and O–H groups in total. The van der Waals surface area contributed by atoms with Gasteiger partial charge in [0.25, 0.3) is 5.91 Å². The van der Waals surface area contributed by atoms with Crippen molar-refractivity contribution < 1.29 is 9.53 Å². The molecule has 0 aliphatic carbocycles. The van der Waals surface area contributed by atoms with Crippen molar-refractivity contribution in [2.45, 2.75) is 6.61 Å². The molecule has 0 saturated carbocycles. The van der Waals surface area contributed by atoms with Gasteiger partial charge in [-0.05, 0) is 18.2 Å². The lowest BCUT2D eigenvalue weighted by atomic mass is 10.1. The highest BCUT2D eigenvalue weighted by Crippen LogP contribution is 2.14. The maximum Gasteiger partial charge on any atom is 0.251 e. The number of carbonyl (C=O) groups excluding carboxylic acids is 1. The second-order valence-electron chi connectivity index (χ2n) is 4.26. The zero-order valence-corrected chi connectivity index (χ0v) is 11.2. The SMILES string of the molecule is C=CCNC(=O)c1ccccc1COc1ccccc1. The molecule has 3 heteroatoms. The van der Waals surface area contributed by atoms with E-state index in [-0.39, 0.29) is 5.91 Å². The van der Waals surface area contributed by atoms with Crippen molar-refractivity contribution in [3.63, 3.8) is 0 Å². The van der Waals surface area contributed by atoms with Crippen LogP contribution < -0.4 is 10.1 Å². The number of amides is 1. The van der Waals surface area contributed by atoms with Crippen LogP contribution in [0.15, 0.2) is 67.3 Å². The topological polar surface area (TPSA) is 38.3 Å². The molecule has 2 rings (SSSR count). The summed E-state index contributed by atoms with van der Waals surface area (Å²) in [5.41, 5.74) is 1.49. The van der Waals surface area contributed by atoms with E-state index in [0.717, 1.165) is 11.3 Å². The molecule has 0 heterocycles. The molecule has 0 aliphatic heterocycles. The molecule has 0 unspecified atom stereocenters. The van der Waals surface area contributed by atoms with Crippen LogP contribution in [0.1, 0.15) is 15.9 Å². The van der Waals surface area contributed by atoms with Crippen LogP contribution in [0.4, 0.5) is 0 Å². The van der Waals surface area contributed by atoms with Crippen LogP contribution in [0.25, 0.3) is 0 Å². The third-order valence-electron chi connectivity index (χ3n) is 2.81. The third-order valence-corrected chi connectivity index (χ3v) is 2.81. The molecular weight excluding hydrogens is 250 g/mol. The minimum atomic E-state index is -0.114. The van der Waals surface area contributed by atoms with Crippen molar-refractivity contribution >= 4 is 5.91 Å². The number of nitrogens with one attached hydrogen (secondary N) is 1. The van der Waals surface area contributed by atoms with Crippen LogP contribution in [0.3, 0.4) is 0 Å². The molecule has 2 aromatic rings. The van der Waals surface area contributed by atoms with Crippen LogP contribution in [0, 0.1) is 0 Å². The van der Waals surface area contributed by atoms with E-state index in [9.17, 15) is 4.79 Å². The average Bonchev–Trinajstić information content (AvgIpc) is 2.52. The lowest BCUT2D eigenvalue weighted by Gasteiger charge is -2.10.